The molecule has 4 amide bonds. The Bertz CT molecular complexity index is 1900. The Hall–Kier alpha value is -6.09. The van der Waals surface area contributed by atoms with Crippen LogP contribution in [0.1, 0.15) is 44.7 Å². The van der Waals surface area contributed by atoms with Gasteiger partial charge in [0.05, 0.1) is 16.6 Å². The summed E-state index contributed by atoms with van der Waals surface area (Å²) in [6.45, 7) is 0.940. The number of amides is 4. The Morgan fingerprint density at radius 3 is 2.32 bits per heavy atom. The molecule has 0 unspecified atom stereocenters. The van der Waals surface area contributed by atoms with E-state index in [1.165, 1.54) is 12.1 Å². The number of rotatable bonds is 9. The highest BCUT2D eigenvalue weighted by atomic mass is 16.7. The van der Waals surface area contributed by atoms with Gasteiger partial charge in [-0.1, -0.05) is 29.4 Å². The normalized spacial score (nSPS) is 12.7. The molecule has 1 aliphatic heterocycles. The molecule has 0 radical (unpaired) electrons. The number of benzene rings is 2. The van der Waals surface area contributed by atoms with Crippen molar-refractivity contribution in [2.75, 3.05) is 13.2 Å². The lowest BCUT2D eigenvalue weighted by atomic mass is 10.1. The molecule has 0 aliphatic carbocycles. The van der Waals surface area contributed by atoms with Gasteiger partial charge >= 0.3 is 0 Å². The third-order valence-corrected chi connectivity index (χ3v) is 6.23. The summed E-state index contributed by atoms with van der Waals surface area (Å²) in [4.78, 5) is 58.5. The molecule has 4 heterocycles. The van der Waals surface area contributed by atoms with Crippen molar-refractivity contribution < 1.29 is 28.9 Å². The molecule has 0 fully saturated rings. The molecule has 0 saturated carbocycles. The minimum atomic E-state index is -0.753. The van der Waals surface area contributed by atoms with Crippen LogP contribution in [0.5, 0.6) is 0 Å². The summed E-state index contributed by atoms with van der Waals surface area (Å²) in [6, 6.07) is 19.9. The Kier molecular flexibility index (Phi) is 8.57. The van der Waals surface area contributed by atoms with E-state index in [0.717, 1.165) is 16.5 Å². The minimum absolute atomic E-state index is 0.261. The molecular weight excluding hydrogens is 570 g/mol. The van der Waals surface area contributed by atoms with Crippen molar-refractivity contribution in [2.24, 2.45) is 16.6 Å². The molecule has 0 spiro atoms. The predicted molar refractivity (Wildman–Crippen MR) is 155 cm³/mol. The second-order valence-electron chi connectivity index (χ2n) is 9.42. The SMILES string of the molecule is C/C(=N\OCC(N)=O)c1ccc2nnc(Cc3ccc4ncccc4c3)n2n1.NC(=O)CON1C(=O)c2ccccc2C1=O. The molecule has 0 saturated heterocycles. The molecule has 0 bridgehead atoms. The van der Waals surface area contributed by atoms with E-state index in [2.05, 4.69) is 31.5 Å². The number of primary amides is 2. The molecule has 1 aliphatic rings. The second kappa shape index (κ2) is 12.8. The van der Waals surface area contributed by atoms with Crippen LogP contribution in [-0.2, 0) is 25.7 Å². The molecule has 6 rings (SSSR count). The number of carbonyl (C=O) groups is 4. The third-order valence-electron chi connectivity index (χ3n) is 6.23. The molecule has 222 valence electrons. The summed E-state index contributed by atoms with van der Waals surface area (Å²) >= 11 is 0. The van der Waals surface area contributed by atoms with E-state index in [0.29, 0.717) is 34.4 Å². The number of pyridine rings is 1. The molecule has 15 heteroatoms. The topological polar surface area (TPSA) is 210 Å². The van der Waals surface area contributed by atoms with E-state index in [1.54, 1.807) is 41.9 Å². The Morgan fingerprint density at radius 2 is 1.61 bits per heavy atom. The standard InChI is InChI=1S/C19H17N7O2.C10H8N2O4/c1-12(25-28-11-17(20)27)15-6-7-18-22-23-19(26(18)24-15)10-13-4-5-16-14(9-13)3-2-8-21-16;11-8(13)5-16-12-9(14)6-3-1-2-4-7(6)10(12)15/h2-9H,10-11H2,1H3,(H2,20,27);1-4H,5H2,(H2,11,13)/b25-12+;. The molecule has 44 heavy (non-hydrogen) atoms. The second-order valence-corrected chi connectivity index (χ2v) is 9.42. The summed E-state index contributed by atoms with van der Waals surface area (Å²) < 4.78 is 1.68. The summed E-state index contributed by atoms with van der Waals surface area (Å²) in [6.07, 6.45) is 2.34. The van der Waals surface area contributed by atoms with Crippen molar-refractivity contribution in [3.8, 4) is 0 Å². The number of hydrogen-bond donors (Lipinski definition) is 2. The van der Waals surface area contributed by atoms with Gasteiger partial charge in [0.2, 0.25) is 5.91 Å². The van der Waals surface area contributed by atoms with E-state index in [9.17, 15) is 19.2 Å². The Balaban J connectivity index is 0.000000204. The highest BCUT2D eigenvalue weighted by Gasteiger charge is 2.36. The van der Waals surface area contributed by atoms with Crippen LogP contribution in [0.25, 0.3) is 16.6 Å². The zero-order valence-corrected chi connectivity index (χ0v) is 23.3. The van der Waals surface area contributed by atoms with Gasteiger partial charge in [0.25, 0.3) is 17.7 Å². The number of nitrogens with two attached hydrogens (primary N) is 2. The van der Waals surface area contributed by atoms with Crippen LogP contribution in [0, 0.1) is 0 Å². The summed E-state index contributed by atoms with van der Waals surface area (Å²) in [7, 11) is 0. The van der Waals surface area contributed by atoms with Crippen molar-refractivity contribution in [3.05, 3.63) is 101 Å². The highest BCUT2D eigenvalue weighted by molar-refractivity contribution is 6.20. The Labute approximate surface area is 249 Å². The molecule has 5 aromatic rings. The smallest absolute Gasteiger partial charge is 0.285 e. The van der Waals surface area contributed by atoms with Crippen LogP contribution in [0.3, 0.4) is 0 Å². The number of fused-ring (bicyclic) bond motifs is 3. The number of hydroxylamine groups is 2. The fourth-order valence-electron chi connectivity index (χ4n) is 4.21. The summed E-state index contributed by atoms with van der Waals surface area (Å²) in [5, 5.41) is 18.5. The first kappa shape index (κ1) is 29.4. The van der Waals surface area contributed by atoms with E-state index >= 15 is 0 Å². The van der Waals surface area contributed by atoms with Gasteiger partial charge in [0.1, 0.15) is 11.4 Å². The van der Waals surface area contributed by atoms with E-state index in [-0.39, 0.29) is 17.7 Å². The number of nitrogens with zero attached hydrogens (tertiary/aromatic N) is 7. The van der Waals surface area contributed by atoms with Crippen LogP contribution in [0.4, 0.5) is 0 Å². The summed E-state index contributed by atoms with van der Waals surface area (Å²) in [5.74, 6) is -1.81. The number of imide groups is 1. The number of hydrogen-bond acceptors (Lipinski definition) is 11. The summed E-state index contributed by atoms with van der Waals surface area (Å²) in [5.41, 5.74) is 14.2. The van der Waals surface area contributed by atoms with Crippen LogP contribution >= 0.6 is 0 Å². The maximum absolute atomic E-state index is 11.6. The predicted octanol–water partition coefficient (Wildman–Crippen LogP) is 1.19. The lowest BCUT2D eigenvalue weighted by molar-refractivity contribution is -0.136. The monoisotopic (exact) mass is 595 g/mol. The van der Waals surface area contributed by atoms with Gasteiger partial charge in [-0.05, 0) is 55.0 Å². The maximum Gasteiger partial charge on any atom is 0.285 e. The molecular formula is C29H25N9O6. The van der Waals surface area contributed by atoms with Crippen LogP contribution in [0.2, 0.25) is 0 Å². The lowest BCUT2D eigenvalue weighted by Crippen LogP contribution is -2.33. The first-order chi connectivity index (χ1) is 21.2. The first-order valence-corrected chi connectivity index (χ1v) is 13.1. The quantitative estimate of drug-likeness (QED) is 0.141. The highest BCUT2D eigenvalue weighted by Crippen LogP contribution is 2.22. The molecule has 15 nitrogen and oxygen atoms in total. The third kappa shape index (κ3) is 6.52. The van der Waals surface area contributed by atoms with Crippen molar-refractivity contribution in [3.63, 3.8) is 0 Å². The fourth-order valence-corrected chi connectivity index (χ4v) is 4.21. The van der Waals surface area contributed by atoms with Gasteiger partial charge in [0.15, 0.2) is 24.7 Å². The number of oxime groups is 1. The maximum atomic E-state index is 11.6. The van der Waals surface area contributed by atoms with Crippen molar-refractivity contribution >= 4 is 45.9 Å². The molecule has 0 atom stereocenters. The largest absolute Gasteiger partial charge is 0.385 e. The van der Waals surface area contributed by atoms with Crippen LogP contribution in [0.15, 0.2) is 78.1 Å². The number of carbonyl (C=O) groups excluding carboxylic acids is 4. The molecule has 2 aromatic carbocycles. The van der Waals surface area contributed by atoms with Crippen LogP contribution < -0.4 is 11.5 Å². The van der Waals surface area contributed by atoms with Gasteiger partial charge in [0, 0.05) is 18.0 Å². The zero-order valence-electron chi connectivity index (χ0n) is 23.3. The zero-order chi connectivity index (χ0) is 31.2. The fraction of sp³-hybridized carbons (Fsp3) is 0.138. The van der Waals surface area contributed by atoms with E-state index in [1.807, 2.05) is 24.3 Å². The van der Waals surface area contributed by atoms with E-state index in [4.69, 9.17) is 21.1 Å². The van der Waals surface area contributed by atoms with Gasteiger partial charge in [-0.2, -0.15) is 9.61 Å². The minimum Gasteiger partial charge on any atom is -0.385 e. The van der Waals surface area contributed by atoms with Gasteiger partial charge < -0.3 is 16.3 Å². The Morgan fingerprint density at radius 1 is 0.886 bits per heavy atom. The van der Waals surface area contributed by atoms with E-state index < -0.39 is 30.2 Å². The van der Waals surface area contributed by atoms with Gasteiger partial charge in [-0.15, -0.1) is 15.3 Å². The average molecular weight is 596 g/mol. The number of aromatic nitrogens is 5. The van der Waals surface area contributed by atoms with Crippen LogP contribution in [-0.4, -0.2) is 72.4 Å². The lowest BCUT2D eigenvalue weighted by Gasteiger charge is -2.11. The van der Waals surface area contributed by atoms with Gasteiger partial charge in [-0.3, -0.25) is 29.0 Å². The average Bonchev–Trinajstić information content (AvgIpc) is 3.53. The van der Waals surface area contributed by atoms with Gasteiger partial charge in [-0.25, -0.2) is 0 Å². The molecule has 4 N–H and O–H groups in total. The first-order valence-electron chi connectivity index (χ1n) is 13.1. The van der Waals surface area contributed by atoms with Crippen molar-refractivity contribution in [1.29, 1.82) is 0 Å². The van der Waals surface area contributed by atoms with Crippen molar-refractivity contribution in [2.45, 2.75) is 13.3 Å². The van der Waals surface area contributed by atoms with Crippen molar-refractivity contribution in [1.82, 2.24) is 29.9 Å². The molecule has 3 aromatic heterocycles.